The third kappa shape index (κ3) is 2.40. The Morgan fingerprint density at radius 3 is 2.63 bits per heavy atom. The number of hydrogen-bond acceptors (Lipinski definition) is 3. The monoisotopic (exact) mass is 281 g/mol. The van der Waals surface area contributed by atoms with Crippen molar-refractivity contribution >= 4 is 23.6 Å². The molecular weight excluding hydrogens is 262 g/mol. The second-order valence-electron chi connectivity index (χ2n) is 5.81. The molecule has 2 bridgehead atoms. The summed E-state index contributed by atoms with van der Waals surface area (Å²) in [5, 5.41) is 12.3. The predicted octanol–water partition coefficient (Wildman–Crippen LogP) is 1.38. The molecule has 5 heteroatoms. The molecule has 0 aromatic rings. The van der Waals surface area contributed by atoms with Crippen LogP contribution in [0.4, 0.5) is 0 Å². The van der Waals surface area contributed by atoms with E-state index in [1.165, 1.54) is 5.75 Å². The van der Waals surface area contributed by atoms with Crippen molar-refractivity contribution in [2.75, 3.05) is 18.1 Å². The minimum atomic E-state index is -0.826. The van der Waals surface area contributed by atoms with E-state index >= 15 is 0 Å². The largest absolute Gasteiger partial charge is 0.481 e. The third-order valence-electron chi connectivity index (χ3n) is 4.64. The van der Waals surface area contributed by atoms with Crippen molar-refractivity contribution in [3.05, 3.63) is 12.2 Å². The van der Waals surface area contributed by atoms with E-state index in [9.17, 15) is 14.7 Å². The molecular formula is C14H19NO3S. The van der Waals surface area contributed by atoms with Crippen molar-refractivity contribution in [2.24, 2.45) is 29.6 Å². The summed E-state index contributed by atoms with van der Waals surface area (Å²) in [5.74, 6) is 1.27. The minimum absolute atomic E-state index is 0.0545. The van der Waals surface area contributed by atoms with Crippen molar-refractivity contribution in [2.45, 2.75) is 12.8 Å². The number of amides is 1. The molecule has 1 amide bonds. The SMILES string of the molecule is O=C(O)C1C2C=CC(C2)C1C(=O)NCC1CCSC1. The van der Waals surface area contributed by atoms with Crippen LogP contribution >= 0.6 is 11.8 Å². The lowest BCUT2D eigenvalue weighted by Gasteiger charge is -2.24. The van der Waals surface area contributed by atoms with Gasteiger partial charge in [-0.05, 0) is 42.1 Å². The molecule has 3 aliphatic rings. The summed E-state index contributed by atoms with van der Waals surface area (Å²) in [6, 6.07) is 0. The maximum Gasteiger partial charge on any atom is 0.307 e. The van der Waals surface area contributed by atoms with Gasteiger partial charge in [-0.3, -0.25) is 9.59 Å². The summed E-state index contributed by atoms with van der Waals surface area (Å²) >= 11 is 1.93. The number of carboxylic acids is 1. The molecule has 1 saturated carbocycles. The molecule has 1 saturated heterocycles. The smallest absolute Gasteiger partial charge is 0.307 e. The fourth-order valence-electron chi connectivity index (χ4n) is 3.62. The number of hydrogen-bond donors (Lipinski definition) is 2. The van der Waals surface area contributed by atoms with Gasteiger partial charge in [0.05, 0.1) is 11.8 Å². The molecule has 4 nitrogen and oxygen atoms in total. The quantitative estimate of drug-likeness (QED) is 0.764. The Labute approximate surface area is 117 Å². The van der Waals surface area contributed by atoms with Gasteiger partial charge in [0.25, 0.3) is 0 Å². The van der Waals surface area contributed by atoms with Crippen LogP contribution in [0.25, 0.3) is 0 Å². The molecule has 2 N–H and O–H groups in total. The number of thioether (sulfide) groups is 1. The van der Waals surface area contributed by atoms with E-state index in [0.717, 1.165) is 18.6 Å². The Bertz CT molecular complexity index is 417. The summed E-state index contributed by atoms with van der Waals surface area (Å²) in [6.45, 7) is 0.704. The Hall–Kier alpha value is -0.970. The zero-order valence-electron chi connectivity index (χ0n) is 10.7. The fourth-order valence-corrected chi connectivity index (χ4v) is 4.91. The minimum Gasteiger partial charge on any atom is -0.481 e. The van der Waals surface area contributed by atoms with Crippen LogP contribution in [-0.4, -0.2) is 35.0 Å². The number of nitrogens with one attached hydrogen (secondary N) is 1. The van der Waals surface area contributed by atoms with Crippen LogP contribution < -0.4 is 5.32 Å². The lowest BCUT2D eigenvalue weighted by atomic mass is 9.82. The fraction of sp³-hybridized carbons (Fsp3) is 0.714. The molecule has 0 aromatic heterocycles. The van der Waals surface area contributed by atoms with Gasteiger partial charge in [-0.2, -0.15) is 11.8 Å². The molecule has 5 atom stereocenters. The van der Waals surface area contributed by atoms with Gasteiger partial charge in [-0.25, -0.2) is 0 Å². The summed E-state index contributed by atoms with van der Waals surface area (Å²) in [4.78, 5) is 23.6. The lowest BCUT2D eigenvalue weighted by Crippen LogP contribution is -2.41. The average Bonchev–Trinajstić information content (AvgIpc) is 3.10. The van der Waals surface area contributed by atoms with Crippen molar-refractivity contribution in [1.82, 2.24) is 5.32 Å². The first-order valence-electron chi connectivity index (χ1n) is 6.93. The van der Waals surface area contributed by atoms with Crippen molar-refractivity contribution in [3.63, 3.8) is 0 Å². The zero-order chi connectivity index (χ0) is 13.4. The zero-order valence-corrected chi connectivity index (χ0v) is 11.6. The number of carbonyl (C=O) groups is 2. The van der Waals surface area contributed by atoms with Gasteiger partial charge in [-0.1, -0.05) is 12.2 Å². The molecule has 3 rings (SSSR count). The standard InChI is InChI=1S/C14H19NO3S/c16-13(15-6-8-3-4-19-7-8)11-9-1-2-10(5-9)12(11)14(17)18/h1-2,8-12H,3-7H2,(H,15,16)(H,17,18). The lowest BCUT2D eigenvalue weighted by molar-refractivity contribution is -0.147. The molecule has 1 aliphatic heterocycles. The maximum absolute atomic E-state index is 12.3. The number of carbonyl (C=O) groups excluding carboxylic acids is 1. The molecule has 0 aromatic carbocycles. The number of fused-ring (bicyclic) bond motifs is 2. The first-order chi connectivity index (χ1) is 9.16. The highest BCUT2D eigenvalue weighted by Crippen LogP contribution is 2.48. The van der Waals surface area contributed by atoms with Crippen molar-refractivity contribution < 1.29 is 14.7 Å². The van der Waals surface area contributed by atoms with Crippen LogP contribution in [0.2, 0.25) is 0 Å². The van der Waals surface area contributed by atoms with Gasteiger partial charge in [0.15, 0.2) is 0 Å². The van der Waals surface area contributed by atoms with Gasteiger partial charge in [-0.15, -0.1) is 0 Å². The van der Waals surface area contributed by atoms with E-state index in [1.807, 2.05) is 23.9 Å². The molecule has 19 heavy (non-hydrogen) atoms. The van der Waals surface area contributed by atoms with Crippen LogP contribution in [0.15, 0.2) is 12.2 Å². The first kappa shape index (κ1) is 13.0. The average molecular weight is 281 g/mol. The highest BCUT2D eigenvalue weighted by molar-refractivity contribution is 7.99. The number of aliphatic carboxylic acids is 1. The predicted molar refractivity (Wildman–Crippen MR) is 73.8 cm³/mol. The normalized spacial score (nSPS) is 39.7. The topological polar surface area (TPSA) is 66.4 Å². The van der Waals surface area contributed by atoms with E-state index in [0.29, 0.717) is 12.5 Å². The van der Waals surface area contributed by atoms with Gasteiger partial charge >= 0.3 is 5.97 Å². The molecule has 0 spiro atoms. The number of rotatable bonds is 4. The molecule has 5 unspecified atom stereocenters. The van der Waals surface area contributed by atoms with Gasteiger partial charge in [0.2, 0.25) is 5.91 Å². The van der Waals surface area contributed by atoms with E-state index in [2.05, 4.69) is 5.32 Å². The van der Waals surface area contributed by atoms with Crippen molar-refractivity contribution in [3.8, 4) is 0 Å². The van der Waals surface area contributed by atoms with E-state index in [4.69, 9.17) is 0 Å². The summed E-state index contributed by atoms with van der Waals surface area (Å²) in [6.07, 6.45) is 5.98. The Kier molecular flexibility index (Phi) is 3.56. The van der Waals surface area contributed by atoms with E-state index in [1.54, 1.807) is 0 Å². The Morgan fingerprint density at radius 1 is 1.26 bits per heavy atom. The van der Waals surface area contributed by atoms with Gasteiger partial charge in [0.1, 0.15) is 0 Å². The Balaban J connectivity index is 1.62. The second-order valence-corrected chi connectivity index (χ2v) is 6.96. The number of allylic oxidation sites excluding steroid dienone is 2. The molecule has 2 aliphatic carbocycles. The van der Waals surface area contributed by atoms with Crippen LogP contribution in [0, 0.1) is 29.6 Å². The van der Waals surface area contributed by atoms with Crippen LogP contribution in [0.1, 0.15) is 12.8 Å². The van der Waals surface area contributed by atoms with E-state index in [-0.39, 0.29) is 23.7 Å². The van der Waals surface area contributed by atoms with Crippen LogP contribution in [-0.2, 0) is 9.59 Å². The first-order valence-corrected chi connectivity index (χ1v) is 8.09. The number of carboxylic acid groups (broad SMARTS) is 1. The summed E-state index contributed by atoms with van der Waals surface area (Å²) < 4.78 is 0. The maximum atomic E-state index is 12.3. The van der Waals surface area contributed by atoms with Gasteiger partial charge in [0, 0.05) is 6.54 Å². The highest BCUT2D eigenvalue weighted by Gasteiger charge is 2.51. The Morgan fingerprint density at radius 2 is 2.00 bits per heavy atom. The molecule has 2 fully saturated rings. The third-order valence-corrected chi connectivity index (χ3v) is 5.87. The second kappa shape index (κ2) is 5.19. The van der Waals surface area contributed by atoms with Gasteiger partial charge < -0.3 is 10.4 Å². The highest BCUT2D eigenvalue weighted by atomic mass is 32.2. The van der Waals surface area contributed by atoms with Crippen LogP contribution in [0.5, 0.6) is 0 Å². The van der Waals surface area contributed by atoms with Crippen molar-refractivity contribution in [1.29, 1.82) is 0 Å². The molecule has 1 heterocycles. The van der Waals surface area contributed by atoms with E-state index < -0.39 is 11.9 Å². The summed E-state index contributed by atoms with van der Waals surface area (Å²) in [7, 11) is 0. The summed E-state index contributed by atoms with van der Waals surface area (Å²) in [5.41, 5.74) is 0. The molecule has 104 valence electrons. The van der Waals surface area contributed by atoms with Crippen LogP contribution in [0.3, 0.4) is 0 Å². The molecule has 0 radical (unpaired) electrons.